The Kier molecular flexibility index (Phi) is 6.21. The first-order valence-corrected chi connectivity index (χ1v) is 9.03. The molecule has 1 aliphatic rings. The first-order chi connectivity index (χ1) is 11.4. The SMILES string of the molecule is Cc1c(C#N)c(SCC(=O)NC(=O)NCC(C)C)nc2c1CCC2. The zero-order valence-corrected chi connectivity index (χ0v) is 15.0. The summed E-state index contributed by atoms with van der Waals surface area (Å²) in [7, 11) is 0. The van der Waals surface area contributed by atoms with Gasteiger partial charge in [-0.1, -0.05) is 25.6 Å². The van der Waals surface area contributed by atoms with Gasteiger partial charge in [0, 0.05) is 12.2 Å². The molecule has 7 heteroatoms. The van der Waals surface area contributed by atoms with Crippen molar-refractivity contribution in [3.05, 3.63) is 22.4 Å². The Morgan fingerprint density at radius 3 is 2.79 bits per heavy atom. The molecule has 0 saturated carbocycles. The maximum atomic E-state index is 11.9. The monoisotopic (exact) mass is 346 g/mol. The number of fused-ring (bicyclic) bond motifs is 1. The molecule has 0 aliphatic heterocycles. The Labute approximate surface area is 146 Å². The van der Waals surface area contributed by atoms with Crippen molar-refractivity contribution in [3.8, 4) is 6.07 Å². The first-order valence-electron chi connectivity index (χ1n) is 8.05. The lowest BCUT2D eigenvalue weighted by Crippen LogP contribution is -2.41. The van der Waals surface area contributed by atoms with Crippen molar-refractivity contribution < 1.29 is 9.59 Å². The highest BCUT2D eigenvalue weighted by molar-refractivity contribution is 8.00. The van der Waals surface area contributed by atoms with E-state index in [1.165, 1.54) is 17.3 Å². The molecule has 1 aromatic heterocycles. The number of amides is 3. The van der Waals surface area contributed by atoms with Gasteiger partial charge in [0.05, 0.1) is 11.3 Å². The van der Waals surface area contributed by atoms with Crippen LogP contribution < -0.4 is 10.6 Å². The van der Waals surface area contributed by atoms with Gasteiger partial charge in [0.2, 0.25) is 5.91 Å². The highest BCUT2D eigenvalue weighted by Crippen LogP contribution is 2.31. The summed E-state index contributed by atoms with van der Waals surface area (Å²) in [4.78, 5) is 28.0. The molecule has 2 N–H and O–H groups in total. The van der Waals surface area contributed by atoms with Crippen LogP contribution in [0, 0.1) is 24.2 Å². The van der Waals surface area contributed by atoms with Gasteiger partial charge in [-0.05, 0) is 43.2 Å². The molecule has 1 aromatic rings. The number of carbonyl (C=O) groups is 2. The number of imide groups is 1. The topological polar surface area (TPSA) is 94.9 Å². The van der Waals surface area contributed by atoms with Gasteiger partial charge in [0.25, 0.3) is 0 Å². The molecule has 0 unspecified atom stereocenters. The zero-order valence-electron chi connectivity index (χ0n) is 14.2. The summed E-state index contributed by atoms with van der Waals surface area (Å²) in [6, 6.07) is 1.70. The predicted molar refractivity (Wildman–Crippen MR) is 92.8 cm³/mol. The molecule has 0 saturated heterocycles. The van der Waals surface area contributed by atoms with E-state index in [1.54, 1.807) is 0 Å². The highest BCUT2D eigenvalue weighted by Gasteiger charge is 2.21. The number of carbonyl (C=O) groups excluding carboxylic acids is 2. The molecule has 2 rings (SSSR count). The van der Waals surface area contributed by atoms with E-state index < -0.39 is 11.9 Å². The summed E-state index contributed by atoms with van der Waals surface area (Å²) in [6.07, 6.45) is 2.93. The van der Waals surface area contributed by atoms with Crippen molar-refractivity contribution in [2.45, 2.75) is 45.1 Å². The van der Waals surface area contributed by atoms with Crippen LogP contribution in [0.3, 0.4) is 0 Å². The summed E-state index contributed by atoms with van der Waals surface area (Å²) < 4.78 is 0. The van der Waals surface area contributed by atoms with E-state index in [2.05, 4.69) is 21.7 Å². The number of nitrogens with zero attached hydrogens (tertiary/aromatic N) is 2. The van der Waals surface area contributed by atoms with Crippen LogP contribution in [0.5, 0.6) is 0 Å². The number of rotatable bonds is 5. The van der Waals surface area contributed by atoms with E-state index in [1.807, 2.05) is 20.8 Å². The molecule has 1 aliphatic carbocycles. The number of hydrogen-bond donors (Lipinski definition) is 2. The number of aryl methyl sites for hydroxylation is 1. The fourth-order valence-electron chi connectivity index (χ4n) is 2.62. The van der Waals surface area contributed by atoms with Gasteiger partial charge in [0.15, 0.2) is 0 Å². The smallest absolute Gasteiger partial charge is 0.321 e. The second-order valence-corrected chi connectivity index (χ2v) is 7.21. The second-order valence-electron chi connectivity index (χ2n) is 6.25. The molecule has 0 bridgehead atoms. The van der Waals surface area contributed by atoms with Crippen molar-refractivity contribution in [2.75, 3.05) is 12.3 Å². The normalized spacial score (nSPS) is 12.6. The maximum Gasteiger partial charge on any atom is 0.321 e. The molecule has 24 heavy (non-hydrogen) atoms. The Hall–Kier alpha value is -2.07. The minimum absolute atomic E-state index is 0.0506. The molecule has 6 nitrogen and oxygen atoms in total. The van der Waals surface area contributed by atoms with Crippen LogP contribution >= 0.6 is 11.8 Å². The van der Waals surface area contributed by atoms with Gasteiger partial charge in [-0.15, -0.1) is 0 Å². The van der Waals surface area contributed by atoms with Gasteiger partial charge in [-0.25, -0.2) is 9.78 Å². The minimum atomic E-state index is -0.493. The number of thioether (sulfide) groups is 1. The van der Waals surface area contributed by atoms with Crippen molar-refractivity contribution in [3.63, 3.8) is 0 Å². The lowest BCUT2D eigenvalue weighted by molar-refractivity contribution is -0.117. The average molecular weight is 346 g/mol. The third-order valence-electron chi connectivity index (χ3n) is 3.84. The van der Waals surface area contributed by atoms with Gasteiger partial charge in [-0.3, -0.25) is 10.1 Å². The minimum Gasteiger partial charge on any atom is -0.338 e. The molecule has 1 heterocycles. The average Bonchev–Trinajstić information content (AvgIpc) is 3.00. The van der Waals surface area contributed by atoms with Crippen LogP contribution in [0.15, 0.2) is 5.03 Å². The van der Waals surface area contributed by atoms with Crippen molar-refractivity contribution in [2.24, 2.45) is 5.92 Å². The van der Waals surface area contributed by atoms with E-state index >= 15 is 0 Å². The van der Waals surface area contributed by atoms with E-state index in [4.69, 9.17) is 0 Å². The van der Waals surface area contributed by atoms with Crippen LogP contribution in [-0.4, -0.2) is 29.2 Å². The fraction of sp³-hybridized carbons (Fsp3) is 0.529. The van der Waals surface area contributed by atoms with Crippen molar-refractivity contribution >= 4 is 23.7 Å². The summed E-state index contributed by atoms with van der Waals surface area (Å²) in [5.41, 5.74) is 3.72. The number of pyridine rings is 1. The van der Waals surface area contributed by atoms with Crippen LogP contribution in [0.25, 0.3) is 0 Å². The van der Waals surface area contributed by atoms with E-state index in [0.717, 1.165) is 30.5 Å². The van der Waals surface area contributed by atoms with E-state index in [9.17, 15) is 14.9 Å². The first kappa shape index (κ1) is 18.3. The summed E-state index contributed by atoms with van der Waals surface area (Å²) in [5.74, 6) is -0.0308. The molecule has 3 amide bonds. The lowest BCUT2D eigenvalue weighted by Gasteiger charge is -2.11. The van der Waals surface area contributed by atoms with Crippen LogP contribution in [-0.2, 0) is 17.6 Å². The lowest BCUT2D eigenvalue weighted by atomic mass is 10.0. The number of nitrogens with one attached hydrogen (secondary N) is 2. The number of nitriles is 1. The van der Waals surface area contributed by atoms with Crippen LogP contribution in [0.1, 0.15) is 42.7 Å². The Morgan fingerprint density at radius 2 is 2.12 bits per heavy atom. The van der Waals surface area contributed by atoms with Crippen molar-refractivity contribution in [1.29, 1.82) is 5.26 Å². The number of aromatic nitrogens is 1. The van der Waals surface area contributed by atoms with Crippen LogP contribution in [0.2, 0.25) is 0 Å². The zero-order chi connectivity index (χ0) is 17.7. The molecule has 0 radical (unpaired) electrons. The number of urea groups is 1. The Morgan fingerprint density at radius 1 is 1.38 bits per heavy atom. The third-order valence-corrected chi connectivity index (χ3v) is 4.82. The standard InChI is InChI=1S/C17H22N4O2S/c1-10(2)8-19-17(23)21-15(22)9-24-16-13(7-18)11(3)12-5-4-6-14(12)20-16/h10H,4-6,8-9H2,1-3H3,(H2,19,21,22,23). The molecule has 0 aromatic carbocycles. The molecule has 0 fully saturated rings. The largest absolute Gasteiger partial charge is 0.338 e. The summed E-state index contributed by atoms with van der Waals surface area (Å²) in [5, 5.41) is 14.9. The highest BCUT2D eigenvalue weighted by atomic mass is 32.2. The van der Waals surface area contributed by atoms with E-state index in [0.29, 0.717) is 23.1 Å². The molecular weight excluding hydrogens is 324 g/mol. The van der Waals surface area contributed by atoms with Gasteiger partial charge in [-0.2, -0.15) is 5.26 Å². The van der Waals surface area contributed by atoms with Gasteiger partial charge < -0.3 is 5.32 Å². The van der Waals surface area contributed by atoms with Gasteiger partial charge >= 0.3 is 6.03 Å². The summed E-state index contributed by atoms with van der Waals surface area (Å²) >= 11 is 1.20. The second kappa shape index (κ2) is 8.15. The molecule has 0 spiro atoms. The predicted octanol–water partition coefficient (Wildman–Crippen LogP) is 2.32. The molecule has 0 atom stereocenters. The van der Waals surface area contributed by atoms with Crippen molar-refractivity contribution in [1.82, 2.24) is 15.6 Å². The number of hydrogen-bond acceptors (Lipinski definition) is 5. The molecule has 128 valence electrons. The Bertz CT molecular complexity index is 695. The fourth-order valence-corrected chi connectivity index (χ4v) is 3.48. The summed E-state index contributed by atoms with van der Waals surface area (Å²) in [6.45, 7) is 6.40. The third kappa shape index (κ3) is 4.48. The quantitative estimate of drug-likeness (QED) is 0.798. The van der Waals surface area contributed by atoms with Gasteiger partial charge in [0.1, 0.15) is 11.1 Å². The van der Waals surface area contributed by atoms with Crippen LogP contribution in [0.4, 0.5) is 4.79 Å². The van der Waals surface area contributed by atoms with E-state index in [-0.39, 0.29) is 5.75 Å². The Balaban J connectivity index is 1.97. The molecular formula is C17H22N4O2S. The maximum absolute atomic E-state index is 11.9.